The number of carboxylic acids is 2. The maximum absolute atomic E-state index is 11.2. The van der Waals surface area contributed by atoms with Gasteiger partial charge in [-0.3, -0.25) is 0 Å². The third kappa shape index (κ3) is 3.32. The highest BCUT2D eigenvalue weighted by molar-refractivity contribution is 6.03. The number of carbonyl (C=O) groups is 2. The molecular weight excluding hydrogens is 282 g/mol. The summed E-state index contributed by atoms with van der Waals surface area (Å²) in [4.78, 5) is 22.5. The van der Waals surface area contributed by atoms with Crippen LogP contribution in [0.3, 0.4) is 0 Å². The molecule has 0 saturated carbocycles. The Labute approximate surface area is 127 Å². The third-order valence-electron chi connectivity index (χ3n) is 3.21. The van der Waals surface area contributed by atoms with Crippen LogP contribution in [0.1, 0.15) is 31.8 Å². The number of nitrogens with one attached hydrogen (secondary N) is 1. The number of anilines is 1. The van der Waals surface area contributed by atoms with Crippen molar-refractivity contribution in [1.82, 2.24) is 0 Å². The molecule has 0 aliphatic carbocycles. The second-order valence-electron chi connectivity index (χ2n) is 4.64. The summed E-state index contributed by atoms with van der Waals surface area (Å²) in [6, 6.07) is 11.7. The Morgan fingerprint density at radius 1 is 1.00 bits per heavy atom. The minimum Gasteiger partial charge on any atom is -0.478 e. The van der Waals surface area contributed by atoms with Crippen LogP contribution in [-0.4, -0.2) is 22.2 Å². The molecule has 0 heterocycles. The standard InChI is InChI=1S/C17H15NO4/c1-2-11-6-8-12(9-7-11)10-18-15-13(16(19)20)4-3-5-14(15)17(21)22/h2-9,18H,1,10H2,(H,19,20)(H,21,22). The zero-order valence-corrected chi connectivity index (χ0v) is 11.7. The summed E-state index contributed by atoms with van der Waals surface area (Å²) in [7, 11) is 0. The monoisotopic (exact) mass is 297 g/mol. The van der Waals surface area contributed by atoms with Crippen molar-refractivity contribution >= 4 is 23.7 Å². The van der Waals surface area contributed by atoms with Crippen LogP contribution in [0.2, 0.25) is 0 Å². The van der Waals surface area contributed by atoms with Crippen LogP contribution in [0.25, 0.3) is 6.08 Å². The highest BCUT2D eigenvalue weighted by atomic mass is 16.4. The average molecular weight is 297 g/mol. The van der Waals surface area contributed by atoms with Crippen molar-refractivity contribution in [3.63, 3.8) is 0 Å². The first-order chi connectivity index (χ1) is 10.5. The van der Waals surface area contributed by atoms with Crippen molar-refractivity contribution in [2.45, 2.75) is 6.54 Å². The number of carboxylic acid groups (broad SMARTS) is 2. The number of hydrogen-bond acceptors (Lipinski definition) is 3. The maximum Gasteiger partial charge on any atom is 0.337 e. The molecule has 2 aromatic carbocycles. The van der Waals surface area contributed by atoms with E-state index >= 15 is 0 Å². The van der Waals surface area contributed by atoms with E-state index in [2.05, 4.69) is 11.9 Å². The van der Waals surface area contributed by atoms with Gasteiger partial charge in [-0.1, -0.05) is 43.0 Å². The molecule has 0 unspecified atom stereocenters. The van der Waals surface area contributed by atoms with E-state index in [9.17, 15) is 19.8 Å². The topological polar surface area (TPSA) is 86.6 Å². The van der Waals surface area contributed by atoms with E-state index in [0.717, 1.165) is 11.1 Å². The number of benzene rings is 2. The minimum absolute atomic E-state index is 0.0670. The Bertz CT molecular complexity index is 688. The number of rotatable bonds is 6. The van der Waals surface area contributed by atoms with E-state index in [1.807, 2.05) is 24.3 Å². The molecule has 0 fully saturated rings. The smallest absolute Gasteiger partial charge is 0.337 e. The van der Waals surface area contributed by atoms with Crippen molar-refractivity contribution in [2.75, 3.05) is 5.32 Å². The lowest BCUT2D eigenvalue weighted by molar-refractivity contribution is 0.0696. The van der Waals surface area contributed by atoms with Gasteiger partial charge in [-0.15, -0.1) is 0 Å². The van der Waals surface area contributed by atoms with Crippen LogP contribution in [0.15, 0.2) is 49.0 Å². The van der Waals surface area contributed by atoms with Crippen molar-refractivity contribution < 1.29 is 19.8 Å². The zero-order valence-electron chi connectivity index (χ0n) is 11.7. The number of aromatic carboxylic acids is 2. The van der Waals surface area contributed by atoms with Gasteiger partial charge < -0.3 is 15.5 Å². The van der Waals surface area contributed by atoms with Gasteiger partial charge in [0, 0.05) is 6.54 Å². The molecule has 5 heteroatoms. The molecule has 0 bridgehead atoms. The molecular formula is C17H15NO4. The lowest BCUT2D eigenvalue weighted by Crippen LogP contribution is -2.11. The summed E-state index contributed by atoms with van der Waals surface area (Å²) in [6.45, 7) is 3.99. The predicted molar refractivity (Wildman–Crippen MR) is 84.2 cm³/mol. The van der Waals surface area contributed by atoms with E-state index in [1.54, 1.807) is 6.08 Å². The second kappa shape index (κ2) is 6.58. The quantitative estimate of drug-likeness (QED) is 0.761. The fourth-order valence-corrected chi connectivity index (χ4v) is 2.06. The van der Waals surface area contributed by atoms with Crippen LogP contribution in [0.4, 0.5) is 5.69 Å². The average Bonchev–Trinajstić information content (AvgIpc) is 2.52. The van der Waals surface area contributed by atoms with Gasteiger partial charge in [0.2, 0.25) is 0 Å². The van der Waals surface area contributed by atoms with Crippen LogP contribution >= 0.6 is 0 Å². The number of para-hydroxylation sites is 1. The molecule has 2 aromatic rings. The highest BCUT2D eigenvalue weighted by Crippen LogP contribution is 2.22. The predicted octanol–water partition coefficient (Wildman–Crippen LogP) is 3.34. The van der Waals surface area contributed by atoms with Gasteiger partial charge in [0.15, 0.2) is 0 Å². The summed E-state index contributed by atoms with van der Waals surface area (Å²) in [5.41, 5.74) is 1.85. The molecule has 112 valence electrons. The van der Waals surface area contributed by atoms with Crippen molar-refractivity contribution in [3.05, 3.63) is 71.3 Å². The van der Waals surface area contributed by atoms with Gasteiger partial charge >= 0.3 is 11.9 Å². The molecule has 0 aliphatic heterocycles. The molecule has 3 N–H and O–H groups in total. The first-order valence-corrected chi connectivity index (χ1v) is 6.57. The molecule has 0 aliphatic rings. The molecule has 22 heavy (non-hydrogen) atoms. The van der Waals surface area contributed by atoms with Crippen LogP contribution in [0, 0.1) is 0 Å². The minimum atomic E-state index is -1.17. The van der Waals surface area contributed by atoms with Gasteiger partial charge in [-0.2, -0.15) is 0 Å². The lowest BCUT2D eigenvalue weighted by Gasteiger charge is -2.12. The molecule has 0 spiro atoms. The van der Waals surface area contributed by atoms with E-state index in [1.165, 1.54) is 18.2 Å². The first-order valence-electron chi connectivity index (χ1n) is 6.57. The number of hydrogen-bond donors (Lipinski definition) is 3. The largest absolute Gasteiger partial charge is 0.478 e. The molecule has 0 atom stereocenters. The summed E-state index contributed by atoms with van der Waals surface area (Å²) < 4.78 is 0. The Balaban J connectivity index is 2.29. The van der Waals surface area contributed by atoms with Crippen molar-refractivity contribution in [1.29, 1.82) is 0 Å². The molecule has 0 saturated heterocycles. The maximum atomic E-state index is 11.2. The summed E-state index contributed by atoms with van der Waals surface area (Å²) >= 11 is 0. The third-order valence-corrected chi connectivity index (χ3v) is 3.21. The van der Waals surface area contributed by atoms with Gasteiger partial charge in [0.05, 0.1) is 16.8 Å². The second-order valence-corrected chi connectivity index (χ2v) is 4.64. The summed E-state index contributed by atoms with van der Waals surface area (Å²) in [6.07, 6.45) is 1.72. The Morgan fingerprint density at radius 2 is 1.55 bits per heavy atom. The first kappa shape index (κ1) is 15.3. The molecule has 0 amide bonds. The van der Waals surface area contributed by atoms with Gasteiger partial charge in [-0.05, 0) is 23.3 Å². The van der Waals surface area contributed by atoms with Crippen molar-refractivity contribution in [2.24, 2.45) is 0 Å². The Kier molecular flexibility index (Phi) is 4.58. The molecule has 0 radical (unpaired) electrons. The van der Waals surface area contributed by atoms with Gasteiger partial charge in [-0.25, -0.2) is 9.59 Å². The SMILES string of the molecule is C=Cc1ccc(CNc2c(C(=O)O)cccc2C(=O)O)cc1. The Morgan fingerprint density at radius 3 is 2.00 bits per heavy atom. The normalized spacial score (nSPS) is 10.0. The van der Waals surface area contributed by atoms with Crippen LogP contribution in [-0.2, 0) is 6.54 Å². The lowest BCUT2D eigenvalue weighted by atomic mass is 10.1. The fraction of sp³-hybridized carbons (Fsp3) is 0.0588. The van der Waals surface area contributed by atoms with Gasteiger partial charge in [0.25, 0.3) is 0 Å². The fourth-order valence-electron chi connectivity index (χ4n) is 2.06. The van der Waals surface area contributed by atoms with E-state index in [0.29, 0.717) is 6.54 Å². The molecule has 2 rings (SSSR count). The summed E-state index contributed by atoms with van der Waals surface area (Å²) in [5.74, 6) is -2.35. The van der Waals surface area contributed by atoms with Crippen molar-refractivity contribution in [3.8, 4) is 0 Å². The van der Waals surface area contributed by atoms with Crippen LogP contribution < -0.4 is 5.32 Å². The zero-order chi connectivity index (χ0) is 16.1. The Hall–Kier alpha value is -3.08. The van der Waals surface area contributed by atoms with Crippen LogP contribution in [0.5, 0.6) is 0 Å². The van der Waals surface area contributed by atoms with E-state index < -0.39 is 11.9 Å². The van der Waals surface area contributed by atoms with E-state index in [4.69, 9.17) is 0 Å². The molecule has 5 nitrogen and oxygen atoms in total. The van der Waals surface area contributed by atoms with Gasteiger partial charge in [0.1, 0.15) is 0 Å². The highest BCUT2D eigenvalue weighted by Gasteiger charge is 2.17. The molecule has 0 aromatic heterocycles. The summed E-state index contributed by atoms with van der Waals surface area (Å²) in [5, 5.41) is 21.3. The van der Waals surface area contributed by atoms with E-state index in [-0.39, 0.29) is 16.8 Å².